The Morgan fingerprint density at radius 2 is 1.79 bits per heavy atom. The topological polar surface area (TPSA) is 61.8 Å². The van der Waals surface area contributed by atoms with E-state index >= 15 is 0 Å². The highest BCUT2D eigenvalue weighted by Crippen LogP contribution is 2.35. The molecule has 2 aromatic carbocycles. The molecule has 0 bridgehead atoms. The number of hydrogen-bond donors (Lipinski definition) is 0. The van der Waals surface area contributed by atoms with Gasteiger partial charge in [0.25, 0.3) is 5.95 Å². The molecular formula is C17H10F2O5. The van der Waals surface area contributed by atoms with Gasteiger partial charge >= 0.3 is 5.97 Å². The molecular weight excluding hydrogens is 322 g/mol. The minimum atomic E-state index is -1.02. The Kier molecular flexibility index (Phi) is 3.99. The first-order valence-corrected chi connectivity index (χ1v) is 6.84. The van der Waals surface area contributed by atoms with Crippen molar-refractivity contribution in [3.8, 4) is 17.2 Å². The van der Waals surface area contributed by atoms with Crippen LogP contribution in [0.25, 0.3) is 0 Å². The van der Waals surface area contributed by atoms with Crippen molar-refractivity contribution < 1.29 is 32.6 Å². The number of rotatable bonds is 3. The van der Waals surface area contributed by atoms with Gasteiger partial charge in [-0.05, 0) is 37.3 Å². The summed E-state index contributed by atoms with van der Waals surface area (Å²) in [5.74, 6) is -3.13. The van der Waals surface area contributed by atoms with Gasteiger partial charge in [0.1, 0.15) is 23.3 Å². The van der Waals surface area contributed by atoms with Gasteiger partial charge in [0.15, 0.2) is 17.4 Å². The van der Waals surface area contributed by atoms with E-state index < -0.39 is 23.4 Å². The number of halogens is 2. The quantitative estimate of drug-likeness (QED) is 0.628. The van der Waals surface area contributed by atoms with E-state index in [0.717, 1.165) is 12.1 Å². The summed E-state index contributed by atoms with van der Waals surface area (Å²) < 4.78 is 43.1. The fourth-order valence-electron chi connectivity index (χ4n) is 2.08. The molecule has 0 fully saturated rings. The predicted molar refractivity (Wildman–Crippen MR) is 78.1 cm³/mol. The zero-order valence-electron chi connectivity index (χ0n) is 12.3. The summed E-state index contributed by atoms with van der Waals surface area (Å²) >= 11 is 0. The van der Waals surface area contributed by atoms with Gasteiger partial charge in [0, 0.05) is 11.6 Å². The van der Waals surface area contributed by atoms with Crippen LogP contribution in [0.1, 0.15) is 27.6 Å². The largest absolute Gasteiger partial charge is 0.451 e. The van der Waals surface area contributed by atoms with E-state index in [9.17, 15) is 18.4 Å². The summed E-state index contributed by atoms with van der Waals surface area (Å²) in [6.45, 7) is 1.62. The van der Waals surface area contributed by atoms with Crippen molar-refractivity contribution in [3.63, 3.8) is 0 Å². The summed E-state index contributed by atoms with van der Waals surface area (Å²) in [5.41, 5.74) is 0.0109. The molecule has 0 aromatic heterocycles. The van der Waals surface area contributed by atoms with E-state index in [4.69, 9.17) is 14.2 Å². The van der Waals surface area contributed by atoms with E-state index in [2.05, 4.69) is 0 Å². The predicted octanol–water partition coefficient (Wildman–Crippen LogP) is 3.98. The highest BCUT2D eigenvalue weighted by atomic mass is 19.1. The lowest BCUT2D eigenvalue weighted by Crippen LogP contribution is -2.16. The SMILES string of the molecule is C/C=C1/OC(=O)c2ccc(Oc3c(F)cc(C=O)cc3F)cc2O1. The smallest absolute Gasteiger partial charge is 0.349 e. The number of fused-ring (bicyclic) bond motifs is 1. The van der Waals surface area contributed by atoms with Gasteiger partial charge in [-0.15, -0.1) is 0 Å². The van der Waals surface area contributed by atoms with Crippen molar-refractivity contribution in [2.24, 2.45) is 0 Å². The third-order valence-electron chi connectivity index (χ3n) is 3.19. The number of allylic oxidation sites excluding steroid dienone is 1. The second kappa shape index (κ2) is 6.11. The first kappa shape index (κ1) is 15.7. The first-order chi connectivity index (χ1) is 11.5. The molecule has 0 N–H and O–H groups in total. The molecule has 0 aliphatic carbocycles. The number of aldehydes is 1. The number of carbonyl (C=O) groups excluding carboxylic acids is 2. The van der Waals surface area contributed by atoms with Crippen LogP contribution in [-0.2, 0) is 4.74 Å². The third-order valence-corrected chi connectivity index (χ3v) is 3.19. The molecule has 0 saturated heterocycles. The molecule has 1 aliphatic heterocycles. The van der Waals surface area contributed by atoms with Crippen LogP contribution in [0.5, 0.6) is 17.2 Å². The average Bonchev–Trinajstić information content (AvgIpc) is 2.57. The van der Waals surface area contributed by atoms with Crippen LogP contribution < -0.4 is 9.47 Å². The maximum absolute atomic E-state index is 13.9. The molecule has 0 spiro atoms. The number of hydrogen-bond acceptors (Lipinski definition) is 5. The van der Waals surface area contributed by atoms with Crippen LogP contribution in [-0.4, -0.2) is 12.3 Å². The molecule has 122 valence electrons. The van der Waals surface area contributed by atoms with Crippen molar-refractivity contribution in [2.75, 3.05) is 0 Å². The zero-order chi connectivity index (χ0) is 17.3. The van der Waals surface area contributed by atoms with Crippen LogP contribution in [0.4, 0.5) is 8.78 Å². The zero-order valence-corrected chi connectivity index (χ0v) is 12.3. The second-order valence-electron chi connectivity index (χ2n) is 4.79. The Hall–Kier alpha value is -3.22. The monoisotopic (exact) mass is 332 g/mol. The molecule has 1 heterocycles. The minimum Gasteiger partial charge on any atom is -0.451 e. The summed E-state index contributed by atoms with van der Waals surface area (Å²) in [5, 5.41) is 0. The molecule has 1 aliphatic rings. The van der Waals surface area contributed by atoms with Gasteiger partial charge < -0.3 is 14.2 Å². The van der Waals surface area contributed by atoms with Gasteiger partial charge in [-0.3, -0.25) is 4.79 Å². The highest BCUT2D eigenvalue weighted by molar-refractivity contribution is 5.94. The molecule has 5 nitrogen and oxygen atoms in total. The Labute approximate surface area is 135 Å². The van der Waals surface area contributed by atoms with Crippen molar-refractivity contribution in [1.82, 2.24) is 0 Å². The molecule has 0 unspecified atom stereocenters. The van der Waals surface area contributed by atoms with Gasteiger partial charge in [0.05, 0.1) is 0 Å². The van der Waals surface area contributed by atoms with Crippen molar-refractivity contribution in [1.29, 1.82) is 0 Å². The van der Waals surface area contributed by atoms with Crippen LogP contribution >= 0.6 is 0 Å². The van der Waals surface area contributed by atoms with E-state index in [1.165, 1.54) is 24.3 Å². The minimum absolute atomic E-state index is 0.00246. The Balaban J connectivity index is 1.95. The van der Waals surface area contributed by atoms with Crippen molar-refractivity contribution >= 4 is 12.3 Å². The molecule has 0 radical (unpaired) electrons. The summed E-state index contributed by atoms with van der Waals surface area (Å²) in [6.07, 6.45) is 1.78. The van der Waals surface area contributed by atoms with E-state index in [-0.39, 0.29) is 28.6 Å². The lowest BCUT2D eigenvalue weighted by Gasteiger charge is -2.19. The average molecular weight is 332 g/mol. The summed E-state index contributed by atoms with van der Waals surface area (Å²) in [6, 6.07) is 5.72. The first-order valence-electron chi connectivity index (χ1n) is 6.84. The summed E-state index contributed by atoms with van der Waals surface area (Å²) in [4.78, 5) is 22.4. The van der Waals surface area contributed by atoms with E-state index in [1.54, 1.807) is 6.92 Å². The molecule has 0 atom stereocenters. The number of esters is 1. The molecule has 3 rings (SSSR count). The van der Waals surface area contributed by atoms with Gasteiger partial charge in [-0.2, -0.15) is 0 Å². The lowest BCUT2D eigenvalue weighted by atomic mass is 10.1. The van der Waals surface area contributed by atoms with Crippen LogP contribution in [0.15, 0.2) is 42.4 Å². The third kappa shape index (κ3) is 2.83. The Morgan fingerprint density at radius 3 is 2.42 bits per heavy atom. The molecule has 7 heteroatoms. The van der Waals surface area contributed by atoms with Gasteiger partial charge in [0.2, 0.25) is 0 Å². The number of carbonyl (C=O) groups is 2. The van der Waals surface area contributed by atoms with Crippen LogP contribution in [0.3, 0.4) is 0 Å². The summed E-state index contributed by atoms with van der Waals surface area (Å²) in [7, 11) is 0. The fraction of sp³-hybridized carbons (Fsp3) is 0.0588. The maximum atomic E-state index is 13.9. The number of cyclic esters (lactones) is 1. The van der Waals surface area contributed by atoms with E-state index in [1.807, 2.05) is 0 Å². The fourth-order valence-corrected chi connectivity index (χ4v) is 2.08. The lowest BCUT2D eigenvalue weighted by molar-refractivity contribution is 0.0406. The Morgan fingerprint density at radius 1 is 1.08 bits per heavy atom. The molecule has 2 aromatic rings. The van der Waals surface area contributed by atoms with Gasteiger partial charge in [-0.1, -0.05) is 0 Å². The van der Waals surface area contributed by atoms with Crippen molar-refractivity contribution in [3.05, 3.63) is 65.1 Å². The molecule has 0 amide bonds. The van der Waals surface area contributed by atoms with Gasteiger partial charge in [-0.25, -0.2) is 13.6 Å². The van der Waals surface area contributed by atoms with Crippen LogP contribution in [0, 0.1) is 11.6 Å². The second-order valence-corrected chi connectivity index (χ2v) is 4.79. The maximum Gasteiger partial charge on any atom is 0.349 e. The van der Waals surface area contributed by atoms with Crippen molar-refractivity contribution in [2.45, 2.75) is 6.92 Å². The van der Waals surface area contributed by atoms with Crippen LogP contribution in [0.2, 0.25) is 0 Å². The highest BCUT2D eigenvalue weighted by Gasteiger charge is 2.24. The molecule has 24 heavy (non-hydrogen) atoms. The normalized spacial score (nSPS) is 14.6. The van der Waals surface area contributed by atoms with E-state index in [0.29, 0.717) is 6.29 Å². The standard InChI is InChI=1S/C17H10F2O5/c1-2-15-23-14-7-10(3-4-11(14)17(21)24-15)22-16-12(18)5-9(8-20)6-13(16)19/h2-8H,1H3/b15-2+. The number of ether oxygens (including phenoxy) is 3. The number of benzene rings is 2. The Bertz CT molecular complexity index is 850. The molecule has 0 saturated carbocycles.